The number of H-pyrrole nitrogens is 1. The number of nitrogens with one attached hydrogen (secondary N) is 1. The van der Waals surface area contributed by atoms with Crippen LogP contribution in [0.25, 0.3) is 10.9 Å². The minimum atomic E-state index is -0.335. The van der Waals surface area contributed by atoms with E-state index in [9.17, 15) is 9.59 Å². The monoisotopic (exact) mass is 351 g/mol. The zero-order valence-corrected chi connectivity index (χ0v) is 14.7. The van der Waals surface area contributed by atoms with Gasteiger partial charge in [0, 0.05) is 11.9 Å². The molecule has 2 aromatic heterocycles. The van der Waals surface area contributed by atoms with E-state index in [2.05, 4.69) is 10.2 Å². The third-order valence-electron chi connectivity index (χ3n) is 4.98. The smallest absolute Gasteiger partial charge is 0.279 e. The van der Waals surface area contributed by atoms with Gasteiger partial charge in [-0.15, -0.1) is 0 Å². The summed E-state index contributed by atoms with van der Waals surface area (Å²) in [5.41, 5.74) is 0.241. The standard InChI is InChI=1S/C20H21N3O3/c1-13-10-11-17(26-13)16-9-3-2-6-12-23(16)20(25)18-19(24)14-7-4-5-8-15(14)21-22-18/h4-5,7-8,10-11,16H,2-3,6,9,12H2,1H3,(H,21,24)/t16-/m1/s1. The SMILES string of the molecule is Cc1ccc([C@H]2CCCCCN2C(=O)c2n[nH]c3ccccc3c2=O)o1. The molecular weight excluding hydrogens is 330 g/mol. The normalized spacial score (nSPS) is 18.0. The highest BCUT2D eigenvalue weighted by Crippen LogP contribution is 2.32. The highest BCUT2D eigenvalue weighted by Gasteiger charge is 2.31. The van der Waals surface area contributed by atoms with Crippen LogP contribution in [0.2, 0.25) is 0 Å². The van der Waals surface area contributed by atoms with Crippen molar-refractivity contribution in [2.75, 3.05) is 6.54 Å². The Morgan fingerprint density at radius 1 is 1.19 bits per heavy atom. The number of furan rings is 1. The van der Waals surface area contributed by atoms with Crippen LogP contribution in [0.3, 0.4) is 0 Å². The molecule has 1 aliphatic heterocycles. The average molecular weight is 351 g/mol. The summed E-state index contributed by atoms with van der Waals surface area (Å²) in [5, 5.41) is 7.40. The first kappa shape index (κ1) is 16.6. The number of fused-ring (bicyclic) bond motifs is 1. The molecule has 0 aliphatic carbocycles. The van der Waals surface area contributed by atoms with Crippen molar-refractivity contribution < 1.29 is 9.21 Å². The van der Waals surface area contributed by atoms with Crippen molar-refractivity contribution in [1.82, 2.24) is 15.1 Å². The largest absolute Gasteiger partial charge is 0.464 e. The summed E-state index contributed by atoms with van der Waals surface area (Å²) >= 11 is 0. The van der Waals surface area contributed by atoms with E-state index in [1.807, 2.05) is 25.1 Å². The number of para-hydroxylation sites is 1. The number of hydrogen-bond donors (Lipinski definition) is 1. The minimum Gasteiger partial charge on any atom is -0.464 e. The molecule has 1 fully saturated rings. The average Bonchev–Trinajstić information content (AvgIpc) is 2.94. The number of carbonyl (C=O) groups is 1. The van der Waals surface area contributed by atoms with E-state index >= 15 is 0 Å². The summed E-state index contributed by atoms with van der Waals surface area (Å²) in [7, 11) is 0. The van der Waals surface area contributed by atoms with Gasteiger partial charge in [-0.05, 0) is 44.0 Å². The van der Waals surface area contributed by atoms with E-state index in [4.69, 9.17) is 4.42 Å². The molecule has 1 amide bonds. The second-order valence-corrected chi connectivity index (χ2v) is 6.76. The van der Waals surface area contributed by atoms with Crippen molar-refractivity contribution in [2.45, 2.75) is 38.6 Å². The van der Waals surface area contributed by atoms with Crippen LogP contribution in [0.4, 0.5) is 0 Å². The second-order valence-electron chi connectivity index (χ2n) is 6.76. The molecule has 1 aromatic carbocycles. The van der Waals surface area contributed by atoms with Gasteiger partial charge >= 0.3 is 0 Å². The zero-order chi connectivity index (χ0) is 18.1. The van der Waals surface area contributed by atoms with Gasteiger partial charge in [0.15, 0.2) is 5.69 Å². The number of likely N-dealkylation sites (tertiary alicyclic amines) is 1. The Labute approximate surface area is 150 Å². The van der Waals surface area contributed by atoms with E-state index in [1.54, 1.807) is 23.1 Å². The lowest BCUT2D eigenvalue weighted by atomic mass is 10.1. The van der Waals surface area contributed by atoms with E-state index < -0.39 is 0 Å². The van der Waals surface area contributed by atoms with Gasteiger partial charge in [-0.1, -0.05) is 25.0 Å². The number of rotatable bonds is 2. The molecule has 4 rings (SSSR count). The third-order valence-corrected chi connectivity index (χ3v) is 4.98. The lowest BCUT2D eigenvalue weighted by molar-refractivity contribution is 0.0649. The highest BCUT2D eigenvalue weighted by atomic mass is 16.3. The van der Waals surface area contributed by atoms with Gasteiger partial charge in [0.2, 0.25) is 5.43 Å². The van der Waals surface area contributed by atoms with Gasteiger partial charge in [0.1, 0.15) is 11.5 Å². The molecule has 0 saturated carbocycles. The molecule has 1 aliphatic rings. The Morgan fingerprint density at radius 2 is 2.04 bits per heavy atom. The lowest BCUT2D eigenvalue weighted by Gasteiger charge is -2.28. The molecule has 26 heavy (non-hydrogen) atoms. The molecule has 0 spiro atoms. The maximum atomic E-state index is 13.2. The summed E-state index contributed by atoms with van der Waals surface area (Å²) in [4.78, 5) is 27.7. The molecule has 0 bridgehead atoms. The topological polar surface area (TPSA) is 79.2 Å². The fraction of sp³-hybridized carbons (Fsp3) is 0.350. The first-order valence-electron chi connectivity index (χ1n) is 9.00. The summed E-state index contributed by atoms with van der Waals surface area (Å²) < 4.78 is 5.80. The molecule has 1 N–H and O–H groups in total. The van der Waals surface area contributed by atoms with E-state index in [-0.39, 0.29) is 23.1 Å². The van der Waals surface area contributed by atoms with Crippen LogP contribution in [-0.4, -0.2) is 27.5 Å². The maximum Gasteiger partial charge on any atom is 0.279 e. The first-order valence-corrected chi connectivity index (χ1v) is 9.00. The Hall–Kier alpha value is -2.89. The molecule has 6 heteroatoms. The third kappa shape index (κ3) is 2.92. The van der Waals surface area contributed by atoms with Crippen molar-refractivity contribution in [1.29, 1.82) is 0 Å². The number of carbonyl (C=O) groups excluding carboxylic acids is 1. The van der Waals surface area contributed by atoms with Crippen LogP contribution in [0, 0.1) is 6.92 Å². The van der Waals surface area contributed by atoms with E-state index in [0.717, 1.165) is 37.2 Å². The summed E-state index contributed by atoms with van der Waals surface area (Å²) in [6.45, 7) is 2.49. The summed E-state index contributed by atoms with van der Waals surface area (Å²) in [6, 6.07) is 10.8. The number of benzene rings is 1. The van der Waals surface area contributed by atoms with Crippen molar-refractivity contribution >= 4 is 16.8 Å². The number of hydrogen-bond acceptors (Lipinski definition) is 4. The van der Waals surface area contributed by atoms with Crippen LogP contribution >= 0.6 is 0 Å². The first-order chi connectivity index (χ1) is 12.6. The van der Waals surface area contributed by atoms with Crippen LogP contribution in [0.15, 0.2) is 45.6 Å². The van der Waals surface area contributed by atoms with Gasteiger partial charge in [0.25, 0.3) is 5.91 Å². The van der Waals surface area contributed by atoms with E-state index in [0.29, 0.717) is 17.4 Å². The quantitative estimate of drug-likeness (QED) is 0.765. The molecule has 0 unspecified atom stereocenters. The summed E-state index contributed by atoms with van der Waals surface area (Å²) in [5.74, 6) is 1.26. The van der Waals surface area contributed by atoms with Gasteiger partial charge < -0.3 is 9.32 Å². The molecule has 134 valence electrons. The number of nitrogens with zero attached hydrogens (tertiary/aromatic N) is 2. The molecule has 3 heterocycles. The van der Waals surface area contributed by atoms with Crippen molar-refractivity contribution in [2.24, 2.45) is 0 Å². The van der Waals surface area contributed by atoms with E-state index in [1.165, 1.54) is 0 Å². The fourth-order valence-corrected chi connectivity index (χ4v) is 3.63. The fourth-order valence-electron chi connectivity index (χ4n) is 3.63. The second kappa shape index (κ2) is 6.78. The number of amides is 1. The highest BCUT2D eigenvalue weighted by molar-refractivity contribution is 5.95. The van der Waals surface area contributed by atoms with Crippen molar-refractivity contribution in [3.63, 3.8) is 0 Å². The van der Waals surface area contributed by atoms with Crippen LogP contribution in [0.5, 0.6) is 0 Å². The van der Waals surface area contributed by atoms with Crippen LogP contribution in [0.1, 0.15) is 53.7 Å². The Kier molecular flexibility index (Phi) is 4.32. The van der Waals surface area contributed by atoms with Gasteiger partial charge in [0.05, 0.1) is 11.6 Å². The molecule has 1 saturated heterocycles. The molecule has 1 atom stereocenters. The van der Waals surface area contributed by atoms with Crippen LogP contribution in [-0.2, 0) is 0 Å². The number of aryl methyl sites for hydroxylation is 1. The Balaban J connectivity index is 1.75. The van der Waals surface area contributed by atoms with Crippen molar-refractivity contribution in [3.05, 3.63) is 63.8 Å². The molecule has 3 aromatic rings. The molecule has 0 radical (unpaired) electrons. The molecular formula is C20H21N3O3. The number of aromatic amines is 1. The molecule has 6 nitrogen and oxygen atoms in total. The maximum absolute atomic E-state index is 13.2. The van der Waals surface area contributed by atoms with Crippen LogP contribution < -0.4 is 5.43 Å². The van der Waals surface area contributed by atoms with Gasteiger partial charge in [-0.3, -0.25) is 14.7 Å². The summed E-state index contributed by atoms with van der Waals surface area (Å²) in [6.07, 6.45) is 3.81. The Bertz CT molecular complexity index is 1000. The lowest BCUT2D eigenvalue weighted by Crippen LogP contribution is -2.38. The minimum absolute atomic E-state index is 0.0566. The Morgan fingerprint density at radius 3 is 2.85 bits per heavy atom. The van der Waals surface area contributed by atoms with Crippen molar-refractivity contribution in [3.8, 4) is 0 Å². The predicted molar refractivity (Wildman–Crippen MR) is 98.1 cm³/mol. The number of aromatic nitrogens is 2. The predicted octanol–water partition coefficient (Wildman–Crippen LogP) is 3.58. The van der Waals surface area contributed by atoms with Gasteiger partial charge in [-0.2, -0.15) is 5.10 Å². The zero-order valence-electron chi connectivity index (χ0n) is 14.7. The van der Waals surface area contributed by atoms with Gasteiger partial charge in [-0.25, -0.2) is 0 Å².